The van der Waals surface area contributed by atoms with Gasteiger partial charge in [0.2, 0.25) is 0 Å². The van der Waals surface area contributed by atoms with Crippen LogP contribution >= 0.6 is 11.8 Å². The third-order valence-electron chi connectivity index (χ3n) is 1.26. The van der Waals surface area contributed by atoms with Gasteiger partial charge in [0.15, 0.2) is 5.75 Å². The van der Waals surface area contributed by atoms with Crippen LogP contribution in [0, 0.1) is 6.92 Å². The Balaban J connectivity index is 0.000000671. The molecule has 1 heterocycles. The number of ether oxygens (including phenoxy) is 1. The molecule has 0 atom stereocenters. The third kappa shape index (κ3) is 3.63. The first-order valence-corrected chi connectivity index (χ1v) is 5.42. The molecule has 0 saturated carbocycles. The summed E-state index contributed by atoms with van der Waals surface area (Å²) in [5.41, 5.74) is 0. The van der Waals surface area contributed by atoms with Gasteiger partial charge in [-0.3, -0.25) is 0 Å². The zero-order chi connectivity index (χ0) is 10.3. The predicted molar refractivity (Wildman–Crippen MR) is 56.5 cm³/mol. The van der Waals surface area contributed by atoms with Crippen molar-refractivity contribution >= 4 is 11.8 Å². The minimum Gasteiger partial charge on any atom is -0.492 e. The van der Waals surface area contributed by atoms with Crippen LogP contribution in [0.2, 0.25) is 0 Å². The Kier molecular flexibility index (Phi) is 6.32. The standard InChI is InChI=1S/C7H10N2OS.C2H6/c1-5-8-4-6(10-2)7(9-5)11-3;1-2/h4H,1-3H3;1-2H3. The van der Waals surface area contributed by atoms with Crippen LogP contribution in [0.25, 0.3) is 0 Å². The van der Waals surface area contributed by atoms with E-state index >= 15 is 0 Å². The lowest BCUT2D eigenvalue weighted by molar-refractivity contribution is 0.397. The topological polar surface area (TPSA) is 35.0 Å². The molecule has 0 aliphatic rings. The highest BCUT2D eigenvalue weighted by Gasteiger charge is 2.02. The number of hydrogen-bond donors (Lipinski definition) is 0. The second-order valence-electron chi connectivity index (χ2n) is 1.99. The molecule has 0 radical (unpaired) electrons. The average Bonchev–Trinajstić information content (AvgIpc) is 2.20. The normalized spacial score (nSPS) is 8.69. The van der Waals surface area contributed by atoms with Gasteiger partial charge in [-0.2, -0.15) is 0 Å². The van der Waals surface area contributed by atoms with Crippen LogP contribution in [0.4, 0.5) is 0 Å². The molecular formula is C9H16N2OS. The van der Waals surface area contributed by atoms with Gasteiger partial charge in [0.1, 0.15) is 10.9 Å². The van der Waals surface area contributed by atoms with Crippen LogP contribution in [0.1, 0.15) is 19.7 Å². The first-order valence-electron chi connectivity index (χ1n) is 4.19. The van der Waals surface area contributed by atoms with Gasteiger partial charge in [-0.05, 0) is 13.2 Å². The molecule has 0 aliphatic carbocycles. The highest BCUT2D eigenvalue weighted by atomic mass is 32.2. The molecule has 13 heavy (non-hydrogen) atoms. The van der Waals surface area contributed by atoms with E-state index in [0.29, 0.717) is 0 Å². The number of hydrogen-bond acceptors (Lipinski definition) is 4. The fourth-order valence-electron chi connectivity index (χ4n) is 0.724. The Morgan fingerprint density at radius 2 is 2.00 bits per heavy atom. The molecule has 4 heteroatoms. The summed E-state index contributed by atoms with van der Waals surface area (Å²) in [6.07, 6.45) is 3.65. The average molecular weight is 200 g/mol. The maximum atomic E-state index is 5.05. The second kappa shape index (κ2) is 6.71. The Morgan fingerprint density at radius 3 is 2.46 bits per heavy atom. The van der Waals surface area contributed by atoms with Crippen LogP contribution in [-0.4, -0.2) is 23.3 Å². The van der Waals surface area contributed by atoms with Crippen molar-refractivity contribution in [1.82, 2.24) is 9.97 Å². The molecule has 1 aromatic heterocycles. The molecule has 0 aliphatic heterocycles. The number of methoxy groups -OCH3 is 1. The van der Waals surface area contributed by atoms with Gasteiger partial charge in [0.25, 0.3) is 0 Å². The fraction of sp³-hybridized carbons (Fsp3) is 0.556. The highest BCUT2D eigenvalue weighted by Crippen LogP contribution is 2.23. The fourth-order valence-corrected chi connectivity index (χ4v) is 1.29. The summed E-state index contributed by atoms with van der Waals surface area (Å²) in [5.74, 6) is 1.51. The summed E-state index contributed by atoms with van der Waals surface area (Å²) in [4.78, 5) is 8.20. The molecule has 3 nitrogen and oxygen atoms in total. The van der Waals surface area contributed by atoms with Gasteiger partial charge in [-0.25, -0.2) is 9.97 Å². The van der Waals surface area contributed by atoms with E-state index in [1.807, 2.05) is 27.0 Å². The van der Waals surface area contributed by atoms with E-state index in [1.165, 1.54) is 0 Å². The van der Waals surface area contributed by atoms with Gasteiger partial charge in [-0.1, -0.05) is 13.8 Å². The van der Waals surface area contributed by atoms with E-state index in [1.54, 1.807) is 25.1 Å². The van der Waals surface area contributed by atoms with E-state index in [-0.39, 0.29) is 0 Å². The van der Waals surface area contributed by atoms with E-state index in [4.69, 9.17) is 4.74 Å². The smallest absolute Gasteiger partial charge is 0.169 e. The van der Waals surface area contributed by atoms with Crippen LogP contribution in [0.3, 0.4) is 0 Å². The van der Waals surface area contributed by atoms with Crippen LogP contribution in [0.5, 0.6) is 5.75 Å². The monoisotopic (exact) mass is 200 g/mol. The summed E-state index contributed by atoms with van der Waals surface area (Å²) < 4.78 is 5.05. The van der Waals surface area contributed by atoms with Gasteiger partial charge in [0.05, 0.1) is 13.3 Å². The maximum absolute atomic E-state index is 5.05. The molecule has 0 bridgehead atoms. The molecule has 0 aromatic carbocycles. The van der Waals surface area contributed by atoms with Crippen LogP contribution in [0.15, 0.2) is 11.2 Å². The Labute approximate surface area is 83.9 Å². The van der Waals surface area contributed by atoms with Gasteiger partial charge in [0, 0.05) is 0 Å². The maximum Gasteiger partial charge on any atom is 0.169 e. The number of rotatable bonds is 2. The van der Waals surface area contributed by atoms with Crippen molar-refractivity contribution in [1.29, 1.82) is 0 Å². The molecule has 1 rings (SSSR count). The molecular weight excluding hydrogens is 184 g/mol. The Hall–Kier alpha value is -0.770. The summed E-state index contributed by atoms with van der Waals surface area (Å²) in [6.45, 7) is 5.86. The molecule has 74 valence electrons. The number of aryl methyl sites for hydroxylation is 1. The molecule has 0 amide bonds. The molecule has 0 saturated heterocycles. The Bertz CT molecular complexity index is 253. The third-order valence-corrected chi connectivity index (χ3v) is 1.94. The van der Waals surface area contributed by atoms with E-state index in [9.17, 15) is 0 Å². The van der Waals surface area contributed by atoms with E-state index < -0.39 is 0 Å². The molecule has 0 unspecified atom stereocenters. The summed E-state index contributed by atoms with van der Waals surface area (Å²) >= 11 is 1.56. The van der Waals surface area contributed by atoms with Crippen molar-refractivity contribution < 1.29 is 4.74 Å². The Morgan fingerprint density at radius 1 is 1.38 bits per heavy atom. The SMILES string of the molecule is CC.COc1cnc(C)nc1SC. The highest BCUT2D eigenvalue weighted by molar-refractivity contribution is 7.98. The number of thioether (sulfide) groups is 1. The zero-order valence-corrected chi connectivity index (χ0v) is 9.60. The van der Waals surface area contributed by atoms with Gasteiger partial charge < -0.3 is 4.74 Å². The lowest BCUT2D eigenvalue weighted by Gasteiger charge is -2.03. The van der Waals surface area contributed by atoms with Crippen molar-refractivity contribution in [2.45, 2.75) is 25.8 Å². The summed E-state index contributed by atoms with van der Waals surface area (Å²) in [6, 6.07) is 0. The van der Waals surface area contributed by atoms with E-state index in [0.717, 1.165) is 16.6 Å². The van der Waals surface area contributed by atoms with Crippen molar-refractivity contribution in [3.05, 3.63) is 12.0 Å². The van der Waals surface area contributed by atoms with Crippen molar-refractivity contribution in [3.8, 4) is 5.75 Å². The molecule has 0 fully saturated rings. The van der Waals surface area contributed by atoms with E-state index in [2.05, 4.69) is 9.97 Å². The van der Waals surface area contributed by atoms with Gasteiger partial charge in [-0.15, -0.1) is 11.8 Å². The van der Waals surface area contributed by atoms with Crippen LogP contribution < -0.4 is 4.74 Å². The molecule has 1 aromatic rings. The summed E-state index contributed by atoms with van der Waals surface area (Å²) in [5, 5.41) is 0.889. The van der Waals surface area contributed by atoms with Crippen molar-refractivity contribution in [3.63, 3.8) is 0 Å². The lowest BCUT2D eigenvalue weighted by Crippen LogP contribution is -1.93. The molecule has 0 N–H and O–H groups in total. The molecule has 0 spiro atoms. The summed E-state index contributed by atoms with van der Waals surface area (Å²) in [7, 11) is 1.62. The second-order valence-corrected chi connectivity index (χ2v) is 2.79. The van der Waals surface area contributed by atoms with Gasteiger partial charge >= 0.3 is 0 Å². The minimum absolute atomic E-state index is 0.739. The first kappa shape index (κ1) is 12.2. The first-order chi connectivity index (χ1) is 6.27. The largest absolute Gasteiger partial charge is 0.492 e. The minimum atomic E-state index is 0.739. The predicted octanol–water partition coefficient (Wildman–Crippen LogP) is 2.54. The quantitative estimate of drug-likeness (QED) is 0.543. The lowest BCUT2D eigenvalue weighted by atomic mass is 10.5. The van der Waals surface area contributed by atoms with Crippen molar-refractivity contribution in [2.24, 2.45) is 0 Å². The van der Waals surface area contributed by atoms with Crippen LogP contribution in [-0.2, 0) is 0 Å². The van der Waals surface area contributed by atoms with Crippen molar-refractivity contribution in [2.75, 3.05) is 13.4 Å². The zero-order valence-electron chi connectivity index (χ0n) is 8.79. The number of nitrogens with zero attached hydrogens (tertiary/aromatic N) is 2. The number of aromatic nitrogens is 2.